The number of likely N-dealkylation sites (tertiary alicyclic amines) is 1. The Balaban J connectivity index is 1.84. The summed E-state index contributed by atoms with van der Waals surface area (Å²) in [7, 11) is 0. The van der Waals surface area contributed by atoms with Crippen LogP contribution in [0.15, 0.2) is 6.20 Å². The van der Waals surface area contributed by atoms with Crippen molar-refractivity contribution < 1.29 is 4.79 Å². The summed E-state index contributed by atoms with van der Waals surface area (Å²) in [5.41, 5.74) is 6.88. The van der Waals surface area contributed by atoms with Gasteiger partial charge in [0, 0.05) is 25.3 Å². The lowest BCUT2D eigenvalue weighted by Gasteiger charge is -2.37. The second kappa shape index (κ2) is 4.87. The number of aromatic nitrogens is 2. The number of hydrogen-bond donors (Lipinski definition) is 1. The van der Waals surface area contributed by atoms with E-state index in [4.69, 9.17) is 5.73 Å². The third-order valence-corrected chi connectivity index (χ3v) is 4.57. The van der Waals surface area contributed by atoms with Gasteiger partial charge < -0.3 is 10.6 Å². The van der Waals surface area contributed by atoms with Crippen molar-refractivity contribution >= 4 is 11.6 Å². The van der Waals surface area contributed by atoms with Crippen LogP contribution in [0.4, 0.5) is 5.69 Å². The quantitative estimate of drug-likeness (QED) is 0.885. The maximum atomic E-state index is 12.7. The Labute approximate surface area is 113 Å². The highest BCUT2D eigenvalue weighted by molar-refractivity contribution is 5.97. The molecule has 2 heterocycles. The SMILES string of the molecule is CCn1cc(N)c(C(=O)N2CCCC3CCCC32)n1. The monoisotopic (exact) mass is 262 g/mol. The smallest absolute Gasteiger partial charge is 0.276 e. The number of anilines is 1. The predicted molar refractivity (Wildman–Crippen MR) is 73.7 cm³/mol. The van der Waals surface area contributed by atoms with Crippen LogP contribution < -0.4 is 5.73 Å². The second-order valence-electron chi connectivity index (χ2n) is 5.69. The Morgan fingerprint density at radius 2 is 2.21 bits per heavy atom. The maximum absolute atomic E-state index is 12.7. The predicted octanol–water partition coefficient (Wildman–Crippen LogP) is 1.89. The van der Waals surface area contributed by atoms with Crippen molar-refractivity contribution in [3.05, 3.63) is 11.9 Å². The van der Waals surface area contributed by atoms with Crippen LogP contribution in [-0.4, -0.2) is 33.2 Å². The molecular weight excluding hydrogens is 240 g/mol. The van der Waals surface area contributed by atoms with Gasteiger partial charge in [-0.15, -0.1) is 0 Å². The molecule has 3 rings (SSSR count). The van der Waals surface area contributed by atoms with Crippen molar-refractivity contribution in [1.29, 1.82) is 0 Å². The first kappa shape index (κ1) is 12.5. The van der Waals surface area contributed by atoms with E-state index in [9.17, 15) is 4.79 Å². The van der Waals surface area contributed by atoms with E-state index < -0.39 is 0 Å². The summed E-state index contributed by atoms with van der Waals surface area (Å²) < 4.78 is 1.73. The zero-order chi connectivity index (χ0) is 13.4. The highest BCUT2D eigenvalue weighted by atomic mass is 16.2. The minimum atomic E-state index is 0.0290. The average molecular weight is 262 g/mol. The Hall–Kier alpha value is -1.52. The molecule has 1 saturated carbocycles. The molecule has 104 valence electrons. The molecule has 5 heteroatoms. The highest BCUT2D eigenvalue weighted by Gasteiger charge is 2.38. The summed E-state index contributed by atoms with van der Waals surface area (Å²) in [4.78, 5) is 14.7. The van der Waals surface area contributed by atoms with Crippen LogP contribution in [0, 0.1) is 5.92 Å². The van der Waals surface area contributed by atoms with Crippen molar-refractivity contribution in [2.45, 2.75) is 51.6 Å². The molecule has 0 radical (unpaired) electrons. The van der Waals surface area contributed by atoms with E-state index in [-0.39, 0.29) is 5.91 Å². The van der Waals surface area contributed by atoms with Gasteiger partial charge in [0.1, 0.15) is 0 Å². The third kappa shape index (κ3) is 2.11. The molecule has 19 heavy (non-hydrogen) atoms. The summed E-state index contributed by atoms with van der Waals surface area (Å²) in [5.74, 6) is 0.730. The van der Waals surface area contributed by atoms with Crippen molar-refractivity contribution in [3.8, 4) is 0 Å². The van der Waals surface area contributed by atoms with Gasteiger partial charge in [0.15, 0.2) is 5.69 Å². The molecule has 5 nitrogen and oxygen atoms in total. The summed E-state index contributed by atoms with van der Waals surface area (Å²) in [6.45, 7) is 3.59. The molecule has 1 saturated heterocycles. The van der Waals surface area contributed by atoms with Crippen LogP contribution >= 0.6 is 0 Å². The van der Waals surface area contributed by atoms with Crippen molar-refractivity contribution in [2.24, 2.45) is 5.92 Å². The normalized spacial score (nSPS) is 26.5. The number of carbonyl (C=O) groups is 1. The fraction of sp³-hybridized carbons (Fsp3) is 0.714. The fourth-order valence-corrected chi connectivity index (χ4v) is 3.61. The molecule has 2 atom stereocenters. The highest BCUT2D eigenvalue weighted by Crippen LogP contribution is 2.37. The van der Waals surface area contributed by atoms with Gasteiger partial charge in [0.25, 0.3) is 5.91 Å². The first-order chi connectivity index (χ1) is 9.20. The number of hydrogen-bond acceptors (Lipinski definition) is 3. The van der Waals surface area contributed by atoms with E-state index in [1.54, 1.807) is 10.9 Å². The second-order valence-corrected chi connectivity index (χ2v) is 5.69. The number of nitrogens with two attached hydrogens (primary N) is 1. The number of nitrogens with zero attached hydrogens (tertiary/aromatic N) is 3. The van der Waals surface area contributed by atoms with E-state index in [1.165, 1.54) is 19.3 Å². The van der Waals surface area contributed by atoms with Crippen LogP contribution in [0.5, 0.6) is 0 Å². The van der Waals surface area contributed by atoms with E-state index in [1.807, 2.05) is 11.8 Å². The Bertz CT molecular complexity index is 482. The lowest BCUT2D eigenvalue weighted by molar-refractivity contribution is 0.0542. The molecule has 0 aromatic carbocycles. The summed E-state index contributed by atoms with van der Waals surface area (Å²) in [6.07, 6.45) is 7.80. The van der Waals surface area contributed by atoms with Crippen molar-refractivity contribution in [2.75, 3.05) is 12.3 Å². The molecule has 0 bridgehead atoms. The van der Waals surface area contributed by atoms with Gasteiger partial charge in [0.2, 0.25) is 0 Å². The van der Waals surface area contributed by atoms with Crippen LogP contribution in [0.1, 0.15) is 49.5 Å². The van der Waals surface area contributed by atoms with E-state index in [0.717, 1.165) is 25.9 Å². The largest absolute Gasteiger partial charge is 0.396 e. The minimum absolute atomic E-state index is 0.0290. The van der Waals surface area contributed by atoms with E-state index in [2.05, 4.69) is 5.10 Å². The number of carbonyl (C=O) groups excluding carboxylic acids is 1. The summed E-state index contributed by atoms with van der Waals surface area (Å²) >= 11 is 0. The van der Waals surface area contributed by atoms with Crippen LogP contribution in [0.3, 0.4) is 0 Å². The molecule has 1 amide bonds. The van der Waals surface area contributed by atoms with Gasteiger partial charge >= 0.3 is 0 Å². The topological polar surface area (TPSA) is 64.2 Å². The number of fused-ring (bicyclic) bond motifs is 1. The van der Waals surface area contributed by atoms with Gasteiger partial charge in [0.05, 0.1) is 5.69 Å². The van der Waals surface area contributed by atoms with Crippen LogP contribution in [0.25, 0.3) is 0 Å². The fourth-order valence-electron chi connectivity index (χ4n) is 3.61. The van der Waals surface area contributed by atoms with E-state index in [0.29, 0.717) is 23.3 Å². The molecule has 2 aliphatic rings. The number of aryl methyl sites for hydroxylation is 1. The zero-order valence-electron chi connectivity index (χ0n) is 11.5. The minimum Gasteiger partial charge on any atom is -0.396 e. The molecule has 1 aromatic rings. The zero-order valence-corrected chi connectivity index (χ0v) is 11.5. The molecule has 2 fully saturated rings. The summed E-state index contributed by atoms with van der Waals surface area (Å²) in [5, 5.41) is 4.32. The van der Waals surface area contributed by atoms with Gasteiger partial charge in [-0.25, -0.2) is 0 Å². The Morgan fingerprint density at radius 1 is 1.42 bits per heavy atom. The molecule has 2 N–H and O–H groups in total. The standard InChI is InChI=1S/C14H22N4O/c1-2-17-9-11(15)13(16-17)14(19)18-8-4-6-10-5-3-7-12(10)18/h9-10,12H,2-8,15H2,1H3. The van der Waals surface area contributed by atoms with E-state index >= 15 is 0 Å². The Kier molecular flexibility index (Phi) is 3.21. The first-order valence-electron chi connectivity index (χ1n) is 7.34. The number of amides is 1. The van der Waals surface area contributed by atoms with Crippen molar-refractivity contribution in [1.82, 2.24) is 14.7 Å². The molecule has 1 aliphatic heterocycles. The molecule has 1 aromatic heterocycles. The number of nitrogen functional groups attached to an aromatic ring is 1. The van der Waals surface area contributed by atoms with Crippen LogP contribution in [0.2, 0.25) is 0 Å². The van der Waals surface area contributed by atoms with Gasteiger partial charge in [-0.05, 0) is 38.5 Å². The van der Waals surface area contributed by atoms with Gasteiger partial charge in [-0.2, -0.15) is 5.10 Å². The molecule has 1 aliphatic carbocycles. The molecule has 0 spiro atoms. The molecule has 2 unspecified atom stereocenters. The third-order valence-electron chi connectivity index (χ3n) is 4.57. The Morgan fingerprint density at radius 3 is 2.95 bits per heavy atom. The maximum Gasteiger partial charge on any atom is 0.276 e. The van der Waals surface area contributed by atoms with Crippen LogP contribution in [-0.2, 0) is 6.54 Å². The number of rotatable bonds is 2. The first-order valence-corrected chi connectivity index (χ1v) is 7.34. The average Bonchev–Trinajstić information content (AvgIpc) is 3.03. The lowest BCUT2D eigenvalue weighted by atomic mass is 9.91. The molecular formula is C14H22N4O. The summed E-state index contributed by atoms with van der Waals surface area (Å²) in [6, 6.07) is 0.424. The van der Waals surface area contributed by atoms with Crippen molar-refractivity contribution in [3.63, 3.8) is 0 Å². The lowest BCUT2D eigenvalue weighted by Crippen LogP contribution is -2.46. The van der Waals surface area contributed by atoms with Gasteiger partial charge in [-0.1, -0.05) is 6.42 Å². The number of piperidine rings is 1. The van der Waals surface area contributed by atoms with Gasteiger partial charge in [-0.3, -0.25) is 9.48 Å².